The Morgan fingerprint density at radius 3 is 2.91 bits per heavy atom. The second kappa shape index (κ2) is 2.48. The Labute approximate surface area is 69.6 Å². The fraction of sp³-hybridized carbons (Fsp3) is 1.00. The Hall–Kier alpha value is -0.0400. The maximum absolute atomic E-state index is 3.55. The van der Waals surface area contributed by atoms with E-state index in [2.05, 4.69) is 19.2 Å². The van der Waals surface area contributed by atoms with Crippen molar-refractivity contribution in [3.8, 4) is 0 Å². The van der Waals surface area contributed by atoms with E-state index in [1.807, 2.05) is 0 Å². The van der Waals surface area contributed by atoms with Crippen LogP contribution in [0.1, 0.15) is 33.1 Å². The van der Waals surface area contributed by atoms with Crippen LogP contribution < -0.4 is 5.32 Å². The Kier molecular flexibility index (Phi) is 1.71. The summed E-state index contributed by atoms with van der Waals surface area (Å²) in [5.41, 5.74) is 0.650. The number of rotatable bonds is 1. The second-order valence-corrected chi connectivity index (χ2v) is 4.60. The second-order valence-electron chi connectivity index (χ2n) is 4.60. The number of hydrogen-bond acceptors (Lipinski definition) is 1. The normalized spacial score (nSPS) is 49.6. The van der Waals surface area contributed by atoms with E-state index in [9.17, 15) is 0 Å². The highest BCUT2D eigenvalue weighted by Gasteiger charge is 2.46. The Bertz CT molecular complexity index is 151. The Morgan fingerprint density at radius 1 is 1.55 bits per heavy atom. The summed E-state index contributed by atoms with van der Waals surface area (Å²) in [6, 6.07) is 0. The van der Waals surface area contributed by atoms with Crippen molar-refractivity contribution in [2.45, 2.75) is 33.1 Å². The van der Waals surface area contributed by atoms with Gasteiger partial charge in [-0.1, -0.05) is 20.3 Å². The van der Waals surface area contributed by atoms with Gasteiger partial charge in [0.1, 0.15) is 0 Å². The third kappa shape index (κ3) is 1.01. The van der Waals surface area contributed by atoms with Gasteiger partial charge in [0.25, 0.3) is 0 Å². The number of hydrogen-bond donors (Lipinski definition) is 1. The lowest BCUT2D eigenvalue weighted by Gasteiger charge is -2.38. The summed E-state index contributed by atoms with van der Waals surface area (Å²) in [5.74, 6) is 2.02. The predicted molar refractivity (Wildman–Crippen MR) is 47.5 cm³/mol. The third-order valence-corrected chi connectivity index (χ3v) is 3.93. The fourth-order valence-electron chi connectivity index (χ4n) is 3.30. The number of piperidine rings is 1. The molecule has 0 aromatic heterocycles. The first kappa shape index (κ1) is 7.60. The monoisotopic (exact) mass is 153 g/mol. The third-order valence-electron chi connectivity index (χ3n) is 3.93. The average molecular weight is 153 g/mol. The lowest BCUT2D eigenvalue weighted by Crippen LogP contribution is -2.44. The molecule has 2 rings (SSSR count). The SMILES string of the molecule is CC[C@H]1[C@H]2CC[C@]1(C)CNC2. The van der Waals surface area contributed by atoms with Gasteiger partial charge in [0, 0.05) is 6.54 Å². The first-order valence-electron chi connectivity index (χ1n) is 4.97. The quantitative estimate of drug-likeness (QED) is 0.608. The van der Waals surface area contributed by atoms with E-state index in [1.165, 1.54) is 32.4 Å². The highest BCUT2D eigenvalue weighted by Crippen LogP contribution is 2.49. The molecule has 1 saturated carbocycles. The predicted octanol–water partition coefficient (Wildman–Crippen LogP) is 2.03. The molecule has 3 atom stereocenters. The molecule has 0 unspecified atom stereocenters. The van der Waals surface area contributed by atoms with E-state index in [4.69, 9.17) is 0 Å². The zero-order valence-corrected chi connectivity index (χ0v) is 7.69. The van der Waals surface area contributed by atoms with Crippen molar-refractivity contribution in [2.75, 3.05) is 13.1 Å². The van der Waals surface area contributed by atoms with E-state index in [1.54, 1.807) is 0 Å². The van der Waals surface area contributed by atoms with Crippen LogP contribution in [0.2, 0.25) is 0 Å². The molecule has 1 aliphatic carbocycles. The van der Waals surface area contributed by atoms with Gasteiger partial charge < -0.3 is 5.32 Å². The Balaban J connectivity index is 2.18. The molecule has 0 aromatic rings. The van der Waals surface area contributed by atoms with Crippen LogP contribution in [0, 0.1) is 17.3 Å². The summed E-state index contributed by atoms with van der Waals surface area (Å²) in [6.07, 6.45) is 4.33. The maximum atomic E-state index is 3.55. The van der Waals surface area contributed by atoms with E-state index < -0.39 is 0 Å². The van der Waals surface area contributed by atoms with Crippen LogP contribution in [0.15, 0.2) is 0 Å². The van der Waals surface area contributed by atoms with Crippen LogP contribution in [0.25, 0.3) is 0 Å². The molecule has 1 aliphatic heterocycles. The zero-order valence-electron chi connectivity index (χ0n) is 7.69. The van der Waals surface area contributed by atoms with Crippen molar-refractivity contribution in [2.24, 2.45) is 17.3 Å². The lowest BCUT2D eigenvalue weighted by molar-refractivity contribution is 0.141. The minimum Gasteiger partial charge on any atom is -0.316 e. The van der Waals surface area contributed by atoms with Gasteiger partial charge in [-0.25, -0.2) is 0 Å². The molecule has 0 aromatic carbocycles. The van der Waals surface area contributed by atoms with Gasteiger partial charge in [0.05, 0.1) is 0 Å². The first-order chi connectivity index (χ1) is 5.26. The molecule has 2 bridgehead atoms. The highest BCUT2D eigenvalue weighted by molar-refractivity contribution is 4.98. The summed E-state index contributed by atoms with van der Waals surface area (Å²) in [6.45, 7) is 7.37. The topological polar surface area (TPSA) is 12.0 Å². The highest BCUT2D eigenvalue weighted by atomic mass is 14.9. The molecule has 2 aliphatic rings. The summed E-state index contributed by atoms with van der Waals surface area (Å²) in [5, 5.41) is 3.55. The van der Waals surface area contributed by atoms with E-state index in [0.717, 1.165) is 11.8 Å². The van der Waals surface area contributed by atoms with Gasteiger partial charge in [-0.3, -0.25) is 0 Å². The molecule has 0 amide bonds. The molecule has 1 nitrogen and oxygen atoms in total. The molecular formula is C10H19N. The fourth-order valence-corrected chi connectivity index (χ4v) is 3.30. The summed E-state index contributed by atoms with van der Waals surface area (Å²) < 4.78 is 0. The van der Waals surface area contributed by atoms with Gasteiger partial charge in [-0.15, -0.1) is 0 Å². The van der Waals surface area contributed by atoms with Crippen molar-refractivity contribution in [1.29, 1.82) is 0 Å². The van der Waals surface area contributed by atoms with E-state index in [0.29, 0.717) is 5.41 Å². The smallest absolute Gasteiger partial charge is 0.000804 e. The van der Waals surface area contributed by atoms with Gasteiger partial charge >= 0.3 is 0 Å². The van der Waals surface area contributed by atoms with Crippen LogP contribution in [0.3, 0.4) is 0 Å². The summed E-state index contributed by atoms with van der Waals surface area (Å²) in [7, 11) is 0. The number of fused-ring (bicyclic) bond motifs is 2. The first-order valence-corrected chi connectivity index (χ1v) is 4.97. The molecule has 1 N–H and O–H groups in total. The number of nitrogens with one attached hydrogen (secondary N) is 1. The molecule has 64 valence electrons. The lowest BCUT2D eigenvalue weighted by atomic mass is 9.73. The van der Waals surface area contributed by atoms with Gasteiger partial charge in [-0.05, 0) is 36.6 Å². The maximum Gasteiger partial charge on any atom is 0.000804 e. The molecule has 1 heteroatoms. The van der Waals surface area contributed by atoms with Crippen LogP contribution in [0.4, 0.5) is 0 Å². The van der Waals surface area contributed by atoms with Crippen molar-refractivity contribution in [1.82, 2.24) is 5.32 Å². The molecule has 1 saturated heterocycles. The summed E-state index contributed by atoms with van der Waals surface area (Å²) >= 11 is 0. The van der Waals surface area contributed by atoms with Crippen LogP contribution >= 0.6 is 0 Å². The van der Waals surface area contributed by atoms with Crippen molar-refractivity contribution >= 4 is 0 Å². The molecular weight excluding hydrogens is 134 g/mol. The minimum atomic E-state index is 0.650. The van der Waals surface area contributed by atoms with Crippen molar-refractivity contribution in [3.63, 3.8) is 0 Å². The molecule has 0 radical (unpaired) electrons. The van der Waals surface area contributed by atoms with Crippen molar-refractivity contribution < 1.29 is 0 Å². The molecule has 1 heterocycles. The summed E-state index contributed by atoms with van der Waals surface area (Å²) in [4.78, 5) is 0. The average Bonchev–Trinajstić information content (AvgIpc) is 2.16. The zero-order chi connectivity index (χ0) is 7.90. The minimum absolute atomic E-state index is 0.650. The van der Waals surface area contributed by atoms with Gasteiger partial charge in [-0.2, -0.15) is 0 Å². The van der Waals surface area contributed by atoms with E-state index in [-0.39, 0.29) is 0 Å². The Morgan fingerprint density at radius 2 is 2.36 bits per heavy atom. The van der Waals surface area contributed by atoms with Gasteiger partial charge in [0.2, 0.25) is 0 Å². The van der Waals surface area contributed by atoms with Crippen LogP contribution in [0.5, 0.6) is 0 Å². The van der Waals surface area contributed by atoms with Crippen LogP contribution in [-0.2, 0) is 0 Å². The largest absolute Gasteiger partial charge is 0.316 e. The van der Waals surface area contributed by atoms with E-state index >= 15 is 0 Å². The standard InChI is InChI=1S/C10H19N/c1-3-9-8-4-5-10(9,2)7-11-6-8/h8-9,11H,3-7H2,1-2H3/t8-,9-,10+/m0/s1. The van der Waals surface area contributed by atoms with Crippen molar-refractivity contribution in [3.05, 3.63) is 0 Å². The molecule has 2 fully saturated rings. The van der Waals surface area contributed by atoms with Gasteiger partial charge in [0.15, 0.2) is 0 Å². The molecule has 0 spiro atoms. The molecule has 11 heavy (non-hydrogen) atoms. The van der Waals surface area contributed by atoms with Crippen LogP contribution in [-0.4, -0.2) is 13.1 Å².